The number of ether oxygens (including phenoxy) is 1. The van der Waals surface area contributed by atoms with Gasteiger partial charge < -0.3 is 10.1 Å². The van der Waals surface area contributed by atoms with Gasteiger partial charge in [0.25, 0.3) is 5.91 Å². The molecule has 1 N–H and O–H groups in total. The Morgan fingerprint density at radius 1 is 1.07 bits per heavy atom. The number of nitrogens with zero attached hydrogens (tertiary/aromatic N) is 1. The maximum absolute atomic E-state index is 12.1. The van der Waals surface area contributed by atoms with E-state index >= 15 is 0 Å². The molecule has 29 heavy (non-hydrogen) atoms. The number of carbonyl (C=O) groups is 1. The summed E-state index contributed by atoms with van der Waals surface area (Å²) in [6.45, 7) is 5.96. The van der Waals surface area contributed by atoms with Gasteiger partial charge in [0.15, 0.2) is 6.61 Å². The molecule has 3 aromatic carbocycles. The zero-order valence-electron chi connectivity index (χ0n) is 16.7. The van der Waals surface area contributed by atoms with Crippen LogP contribution >= 0.6 is 11.6 Å². The normalized spacial score (nSPS) is 10.9. The molecular formula is C24H23ClN2O2. The lowest BCUT2D eigenvalue weighted by Gasteiger charge is -2.10. The third kappa shape index (κ3) is 5.69. The Balaban J connectivity index is 1.61. The Kier molecular flexibility index (Phi) is 6.68. The third-order valence-electron chi connectivity index (χ3n) is 4.55. The van der Waals surface area contributed by atoms with Gasteiger partial charge in [0.05, 0.1) is 10.7 Å². The van der Waals surface area contributed by atoms with Crippen LogP contribution in [0.1, 0.15) is 22.3 Å². The number of hydrogen-bond donors (Lipinski definition) is 1. The Hall–Kier alpha value is -3.11. The number of anilines is 1. The molecule has 3 aromatic rings. The van der Waals surface area contributed by atoms with Gasteiger partial charge in [-0.1, -0.05) is 35.9 Å². The van der Waals surface area contributed by atoms with Crippen molar-refractivity contribution in [1.29, 1.82) is 0 Å². The van der Waals surface area contributed by atoms with Gasteiger partial charge >= 0.3 is 0 Å². The lowest BCUT2D eigenvalue weighted by molar-refractivity contribution is -0.118. The number of carbonyl (C=O) groups excluding carboxylic acids is 1. The lowest BCUT2D eigenvalue weighted by atomic mass is 10.1. The minimum Gasteiger partial charge on any atom is -0.482 e. The van der Waals surface area contributed by atoms with Gasteiger partial charge in [-0.2, -0.15) is 0 Å². The van der Waals surface area contributed by atoms with Crippen molar-refractivity contribution in [2.45, 2.75) is 20.8 Å². The van der Waals surface area contributed by atoms with E-state index in [1.54, 1.807) is 18.3 Å². The molecule has 0 aliphatic carbocycles. The van der Waals surface area contributed by atoms with E-state index in [2.05, 4.69) is 23.3 Å². The van der Waals surface area contributed by atoms with E-state index in [9.17, 15) is 4.79 Å². The van der Waals surface area contributed by atoms with Crippen molar-refractivity contribution in [3.8, 4) is 5.75 Å². The van der Waals surface area contributed by atoms with E-state index < -0.39 is 0 Å². The molecule has 0 fully saturated rings. The zero-order chi connectivity index (χ0) is 20.8. The summed E-state index contributed by atoms with van der Waals surface area (Å²) in [7, 11) is 0. The number of rotatable bonds is 6. The number of aryl methyl sites for hydroxylation is 2. The summed E-state index contributed by atoms with van der Waals surface area (Å²) in [6, 6.07) is 19.0. The minimum atomic E-state index is -0.243. The quantitative estimate of drug-likeness (QED) is 0.508. The molecule has 0 spiro atoms. The molecule has 148 valence electrons. The lowest BCUT2D eigenvalue weighted by Crippen LogP contribution is -2.20. The van der Waals surface area contributed by atoms with Crippen LogP contribution in [0.15, 0.2) is 65.7 Å². The Labute approximate surface area is 176 Å². The predicted octanol–water partition coefficient (Wildman–Crippen LogP) is 6.03. The first-order chi connectivity index (χ1) is 13.9. The van der Waals surface area contributed by atoms with Crippen LogP contribution in [0, 0.1) is 20.8 Å². The maximum atomic E-state index is 12.1. The highest BCUT2D eigenvalue weighted by molar-refractivity contribution is 6.32. The second kappa shape index (κ2) is 9.39. The van der Waals surface area contributed by atoms with E-state index in [4.69, 9.17) is 16.3 Å². The molecule has 0 aliphatic heterocycles. The van der Waals surface area contributed by atoms with Gasteiger partial charge in [-0.3, -0.25) is 9.79 Å². The fraction of sp³-hybridized carbons (Fsp3) is 0.167. The molecule has 0 aromatic heterocycles. The van der Waals surface area contributed by atoms with E-state index in [1.165, 1.54) is 5.56 Å². The number of amides is 1. The largest absolute Gasteiger partial charge is 0.482 e. The van der Waals surface area contributed by atoms with E-state index in [-0.39, 0.29) is 12.5 Å². The minimum absolute atomic E-state index is 0.121. The molecule has 4 nitrogen and oxygen atoms in total. The average Bonchev–Trinajstić information content (AvgIpc) is 2.68. The molecule has 5 heteroatoms. The smallest absolute Gasteiger partial charge is 0.262 e. The van der Waals surface area contributed by atoms with Crippen LogP contribution in [0.4, 0.5) is 11.4 Å². The highest BCUT2D eigenvalue weighted by Gasteiger charge is 2.07. The Morgan fingerprint density at radius 3 is 2.62 bits per heavy atom. The van der Waals surface area contributed by atoms with Crippen molar-refractivity contribution < 1.29 is 9.53 Å². The molecule has 0 aliphatic rings. The summed E-state index contributed by atoms with van der Waals surface area (Å²) < 4.78 is 5.57. The zero-order valence-corrected chi connectivity index (χ0v) is 17.5. The van der Waals surface area contributed by atoms with E-state index in [0.717, 1.165) is 28.1 Å². The molecule has 1 amide bonds. The van der Waals surface area contributed by atoms with Crippen molar-refractivity contribution in [3.05, 3.63) is 87.9 Å². The van der Waals surface area contributed by atoms with Crippen molar-refractivity contribution in [1.82, 2.24) is 0 Å². The topological polar surface area (TPSA) is 50.7 Å². The van der Waals surface area contributed by atoms with Crippen LogP contribution in [0.2, 0.25) is 5.02 Å². The second-order valence-electron chi connectivity index (χ2n) is 6.87. The molecule has 0 unspecified atom stereocenters. The monoisotopic (exact) mass is 406 g/mol. The van der Waals surface area contributed by atoms with Crippen LogP contribution < -0.4 is 10.1 Å². The fourth-order valence-corrected chi connectivity index (χ4v) is 3.04. The van der Waals surface area contributed by atoms with Gasteiger partial charge in [-0.05, 0) is 79.4 Å². The van der Waals surface area contributed by atoms with Crippen LogP contribution in [-0.2, 0) is 4.79 Å². The fourth-order valence-electron chi connectivity index (χ4n) is 2.80. The maximum Gasteiger partial charge on any atom is 0.262 e. The number of benzene rings is 3. The highest BCUT2D eigenvalue weighted by Crippen LogP contribution is 2.26. The SMILES string of the molecule is Cc1cccc(NC(=O)COc2ccc(C=Nc3cccc(C)c3C)cc2Cl)c1. The molecule has 0 radical (unpaired) electrons. The van der Waals surface area contributed by atoms with Crippen molar-refractivity contribution in [3.63, 3.8) is 0 Å². The third-order valence-corrected chi connectivity index (χ3v) is 4.84. The standard InChI is InChI=1S/C24H23ClN2O2/c1-16-6-4-8-20(12-16)27-24(28)15-29-23-11-10-19(13-21(23)25)14-26-22-9-5-7-17(2)18(22)3/h4-14H,15H2,1-3H3,(H,27,28). The molecular weight excluding hydrogens is 384 g/mol. The molecule has 3 rings (SSSR count). The summed E-state index contributed by atoms with van der Waals surface area (Å²) in [4.78, 5) is 16.6. The Bertz CT molecular complexity index is 1060. The number of halogens is 1. The summed E-state index contributed by atoms with van der Waals surface area (Å²) in [5, 5.41) is 3.23. The first-order valence-corrected chi connectivity index (χ1v) is 9.69. The van der Waals surface area contributed by atoms with Gasteiger partial charge in [0.1, 0.15) is 5.75 Å². The van der Waals surface area contributed by atoms with E-state index in [1.807, 2.05) is 56.3 Å². The number of aliphatic imine (C=N–C) groups is 1. The molecule has 0 saturated carbocycles. The summed E-state index contributed by atoms with van der Waals surface area (Å²) in [6.07, 6.45) is 1.77. The molecule has 0 bridgehead atoms. The van der Waals surface area contributed by atoms with Crippen LogP contribution in [0.5, 0.6) is 5.75 Å². The number of nitrogens with one attached hydrogen (secondary N) is 1. The first-order valence-electron chi connectivity index (χ1n) is 9.31. The molecule has 0 saturated heterocycles. The summed E-state index contributed by atoms with van der Waals surface area (Å²) in [5.74, 6) is 0.210. The van der Waals surface area contributed by atoms with Gasteiger partial charge in [0.2, 0.25) is 0 Å². The van der Waals surface area contributed by atoms with Crippen LogP contribution in [0.25, 0.3) is 0 Å². The van der Waals surface area contributed by atoms with E-state index in [0.29, 0.717) is 10.8 Å². The van der Waals surface area contributed by atoms with Crippen LogP contribution in [-0.4, -0.2) is 18.7 Å². The Morgan fingerprint density at radius 2 is 1.86 bits per heavy atom. The predicted molar refractivity (Wildman–Crippen MR) is 120 cm³/mol. The number of hydrogen-bond acceptors (Lipinski definition) is 3. The highest BCUT2D eigenvalue weighted by atomic mass is 35.5. The van der Waals surface area contributed by atoms with Crippen molar-refractivity contribution >= 4 is 35.1 Å². The summed E-state index contributed by atoms with van der Waals surface area (Å²) >= 11 is 6.31. The second-order valence-corrected chi connectivity index (χ2v) is 7.28. The van der Waals surface area contributed by atoms with Gasteiger partial charge in [-0.15, -0.1) is 0 Å². The van der Waals surface area contributed by atoms with Crippen molar-refractivity contribution in [2.75, 3.05) is 11.9 Å². The first kappa shape index (κ1) is 20.6. The van der Waals surface area contributed by atoms with Crippen molar-refractivity contribution in [2.24, 2.45) is 4.99 Å². The van der Waals surface area contributed by atoms with Gasteiger partial charge in [0, 0.05) is 11.9 Å². The van der Waals surface area contributed by atoms with Gasteiger partial charge in [-0.25, -0.2) is 0 Å². The molecule has 0 atom stereocenters. The van der Waals surface area contributed by atoms with Crippen LogP contribution in [0.3, 0.4) is 0 Å². The molecule has 0 heterocycles. The average molecular weight is 407 g/mol. The summed E-state index contributed by atoms with van der Waals surface area (Å²) in [5.41, 5.74) is 5.94.